The number of amides is 2. The maximum absolute atomic E-state index is 12.9. The van der Waals surface area contributed by atoms with E-state index in [0.29, 0.717) is 24.6 Å². The molecule has 2 atom stereocenters. The summed E-state index contributed by atoms with van der Waals surface area (Å²) in [4.78, 5) is 26.7. The Morgan fingerprint density at radius 2 is 2.17 bits per heavy atom. The number of carbonyl (C=O) groups is 2. The van der Waals surface area contributed by atoms with Crippen molar-refractivity contribution in [3.05, 3.63) is 28.8 Å². The minimum atomic E-state index is -0.359. The van der Waals surface area contributed by atoms with Gasteiger partial charge in [-0.3, -0.25) is 9.59 Å². The normalized spacial score (nSPS) is 23.7. The number of carbonyl (C=O) groups excluding carboxylic acids is 2. The van der Waals surface area contributed by atoms with Gasteiger partial charge in [0, 0.05) is 18.6 Å². The molecule has 124 valence electrons. The van der Waals surface area contributed by atoms with Gasteiger partial charge in [0.15, 0.2) is 0 Å². The Morgan fingerprint density at radius 1 is 1.35 bits per heavy atom. The van der Waals surface area contributed by atoms with Gasteiger partial charge in [0.2, 0.25) is 11.8 Å². The average molecular weight is 337 g/mol. The summed E-state index contributed by atoms with van der Waals surface area (Å²) < 4.78 is 5.72. The predicted octanol–water partition coefficient (Wildman–Crippen LogP) is 2.02. The van der Waals surface area contributed by atoms with Crippen molar-refractivity contribution in [3.8, 4) is 5.75 Å². The molecule has 1 aromatic carbocycles. The first-order valence-electron chi connectivity index (χ1n) is 8.03. The second kappa shape index (κ2) is 6.79. The molecule has 1 aromatic rings. The molecular weight excluding hydrogens is 316 g/mol. The van der Waals surface area contributed by atoms with Gasteiger partial charge in [-0.1, -0.05) is 11.6 Å². The Labute approximate surface area is 140 Å². The quantitative estimate of drug-likeness (QED) is 0.899. The van der Waals surface area contributed by atoms with Gasteiger partial charge in [0.1, 0.15) is 18.4 Å². The summed E-state index contributed by atoms with van der Waals surface area (Å²) in [5, 5.41) is 3.30. The molecule has 0 aromatic heterocycles. The number of fused-ring (bicyclic) bond motifs is 1. The molecule has 2 amide bonds. The first kappa shape index (κ1) is 16.1. The predicted molar refractivity (Wildman–Crippen MR) is 87.6 cm³/mol. The molecule has 23 heavy (non-hydrogen) atoms. The summed E-state index contributed by atoms with van der Waals surface area (Å²) in [5.74, 6) is 0.452. The molecule has 3 rings (SSSR count). The number of likely N-dealkylation sites (tertiary alicyclic amines) is 1. The minimum Gasteiger partial charge on any atom is -0.492 e. The van der Waals surface area contributed by atoms with E-state index in [0.717, 1.165) is 30.6 Å². The number of ether oxygens (including phenoxy) is 1. The van der Waals surface area contributed by atoms with Crippen LogP contribution >= 0.6 is 11.6 Å². The van der Waals surface area contributed by atoms with Gasteiger partial charge in [-0.15, -0.1) is 0 Å². The lowest BCUT2D eigenvalue weighted by Crippen LogP contribution is -2.54. The largest absolute Gasteiger partial charge is 0.492 e. The van der Waals surface area contributed by atoms with Crippen molar-refractivity contribution in [2.24, 2.45) is 5.92 Å². The standard InChI is InChI=1S/C17H21ClN2O3/c1-19-16(21)14-4-2-3-7-20(14)17(22)12-8-11-9-13(18)5-6-15(11)23-10-12/h5-6,9,12,14H,2-4,7-8,10H2,1H3,(H,19,21). The highest BCUT2D eigenvalue weighted by molar-refractivity contribution is 6.30. The number of nitrogens with one attached hydrogen (secondary N) is 1. The van der Waals surface area contributed by atoms with Crippen molar-refractivity contribution in [3.63, 3.8) is 0 Å². The Kier molecular flexibility index (Phi) is 4.76. The fourth-order valence-corrected chi connectivity index (χ4v) is 3.59. The van der Waals surface area contributed by atoms with Gasteiger partial charge in [-0.25, -0.2) is 0 Å². The van der Waals surface area contributed by atoms with Crippen molar-refractivity contribution in [2.45, 2.75) is 31.7 Å². The zero-order valence-electron chi connectivity index (χ0n) is 13.2. The lowest BCUT2D eigenvalue weighted by molar-refractivity contribution is -0.146. The zero-order chi connectivity index (χ0) is 16.4. The van der Waals surface area contributed by atoms with Crippen LogP contribution in [0.1, 0.15) is 24.8 Å². The lowest BCUT2D eigenvalue weighted by Gasteiger charge is -2.37. The molecular formula is C17H21ClN2O3. The van der Waals surface area contributed by atoms with E-state index >= 15 is 0 Å². The number of halogens is 1. The highest BCUT2D eigenvalue weighted by Gasteiger charge is 2.36. The van der Waals surface area contributed by atoms with Gasteiger partial charge in [-0.2, -0.15) is 0 Å². The molecule has 1 fully saturated rings. The first-order chi connectivity index (χ1) is 11.1. The van der Waals surface area contributed by atoms with Gasteiger partial charge in [0.05, 0.1) is 5.92 Å². The molecule has 6 heteroatoms. The summed E-state index contributed by atoms with van der Waals surface area (Å²) in [6, 6.07) is 5.12. The molecule has 2 aliphatic heterocycles. The van der Waals surface area contributed by atoms with Crippen molar-refractivity contribution < 1.29 is 14.3 Å². The molecule has 1 N–H and O–H groups in total. The van der Waals surface area contributed by atoms with Gasteiger partial charge in [0.25, 0.3) is 0 Å². The minimum absolute atomic E-state index is 0.00363. The number of piperidine rings is 1. The van der Waals surface area contributed by atoms with Crippen molar-refractivity contribution in [1.82, 2.24) is 10.2 Å². The molecule has 0 spiro atoms. The smallest absolute Gasteiger partial charge is 0.242 e. The number of hydrogen-bond donors (Lipinski definition) is 1. The van der Waals surface area contributed by atoms with Gasteiger partial charge < -0.3 is 15.0 Å². The van der Waals surface area contributed by atoms with Crippen molar-refractivity contribution in [2.75, 3.05) is 20.2 Å². The van der Waals surface area contributed by atoms with E-state index in [1.807, 2.05) is 12.1 Å². The fourth-order valence-electron chi connectivity index (χ4n) is 3.39. The van der Waals surface area contributed by atoms with Crippen LogP contribution in [0, 0.1) is 5.92 Å². The fraction of sp³-hybridized carbons (Fsp3) is 0.529. The van der Waals surface area contributed by atoms with Crippen LogP contribution in [0.2, 0.25) is 5.02 Å². The summed E-state index contributed by atoms with van der Waals surface area (Å²) in [5.41, 5.74) is 0.954. The highest BCUT2D eigenvalue weighted by atomic mass is 35.5. The van der Waals surface area contributed by atoms with Crippen LogP contribution in [-0.4, -0.2) is 43.0 Å². The molecule has 2 heterocycles. The van der Waals surface area contributed by atoms with Crippen LogP contribution in [0.15, 0.2) is 18.2 Å². The summed E-state index contributed by atoms with van der Waals surface area (Å²) in [6.07, 6.45) is 3.24. The zero-order valence-corrected chi connectivity index (χ0v) is 13.9. The van der Waals surface area contributed by atoms with E-state index < -0.39 is 0 Å². The van der Waals surface area contributed by atoms with Crippen LogP contribution in [0.4, 0.5) is 0 Å². The molecule has 0 aliphatic carbocycles. The maximum Gasteiger partial charge on any atom is 0.242 e. The third-order valence-electron chi connectivity index (χ3n) is 4.61. The summed E-state index contributed by atoms with van der Waals surface area (Å²) >= 11 is 6.03. The van der Waals surface area contributed by atoms with E-state index in [4.69, 9.17) is 16.3 Å². The van der Waals surface area contributed by atoms with Crippen molar-refractivity contribution in [1.29, 1.82) is 0 Å². The van der Waals surface area contributed by atoms with Crippen LogP contribution in [0.25, 0.3) is 0 Å². The van der Waals surface area contributed by atoms with Crippen LogP contribution < -0.4 is 10.1 Å². The van der Waals surface area contributed by atoms with E-state index in [1.165, 1.54) is 0 Å². The number of hydrogen-bond acceptors (Lipinski definition) is 3. The maximum atomic E-state index is 12.9. The Bertz CT molecular complexity index is 620. The Morgan fingerprint density at radius 3 is 2.96 bits per heavy atom. The SMILES string of the molecule is CNC(=O)C1CCCCN1C(=O)C1COc2ccc(Cl)cc2C1. The summed E-state index contributed by atoms with van der Waals surface area (Å²) in [6.45, 7) is 0.986. The first-order valence-corrected chi connectivity index (χ1v) is 8.41. The topological polar surface area (TPSA) is 58.6 Å². The number of rotatable bonds is 2. The molecule has 2 aliphatic rings. The number of benzene rings is 1. The van der Waals surface area contributed by atoms with Crippen LogP contribution in [-0.2, 0) is 16.0 Å². The van der Waals surface area contributed by atoms with Gasteiger partial charge >= 0.3 is 0 Å². The molecule has 2 unspecified atom stereocenters. The molecule has 5 nitrogen and oxygen atoms in total. The lowest BCUT2D eigenvalue weighted by atomic mass is 9.93. The van der Waals surface area contributed by atoms with Crippen molar-refractivity contribution >= 4 is 23.4 Å². The van der Waals surface area contributed by atoms with Crippen LogP contribution in [0.3, 0.4) is 0 Å². The molecule has 0 saturated carbocycles. The molecule has 0 radical (unpaired) electrons. The van der Waals surface area contributed by atoms with Gasteiger partial charge in [-0.05, 0) is 49.4 Å². The second-order valence-electron chi connectivity index (χ2n) is 6.12. The van der Waals surface area contributed by atoms with E-state index in [1.54, 1.807) is 18.0 Å². The average Bonchev–Trinajstić information content (AvgIpc) is 2.59. The number of likely N-dealkylation sites (N-methyl/N-ethyl adjacent to an activating group) is 1. The number of nitrogens with zero attached hydrogens (tertiary/aromatic N) is 1. The van der Waals surface area contributed by atoms with Crippen LogP contribution in [0.5, 0.6) is 5.75 Å². The van der Waals surface area contributed by atoms with E-state index in [2.05, 4.69) is 5.32 Å². The second-order valence-corrected chi connectivity index (χ2v) is 6.56. The monoisotopic (exact) mass is 336 g/mol. The third kappa shape index (κ3) is 3.29. The Balaban J connectivity index is 1.76. The van der Waals surface area contributed by atoms with E-state index in [-0.39, 0.29) is 23.8 Å². The summed E-state index contributed by atoms with van der Waals surface area (Å²) in [7, 11) is 1.61. The highest BCUT2D eigenvalue weighted by Crippen LogP contribution is 2.31. The van der Waals surface area contributed by atoms with E-state index in [9.17, 15) is 9.59 Å². The molecule has 0 bridgehead atoms. The molecule has 1 saturated heterocycles. The Hall–Kier alpha value is -1.75. The third-order valence-corrected chi connectivity index (χ3v) is 4.85.